The molecule has 0 aromatic rings. The van der Waals surface area contributed by atoms with Crippen molar-refractivity contribution in [2.24, 2.45) is 17.3 Å². The number of amides is 1. The zero-order valence-corrected chi connectivity index (χ0v) is 13.6. The van der Waals surface area contributed by atoms with Gasteiger partial charge >= 0.3 is 5.97 Å². The summed E-state index contributed by atoms with van der Waals surface area (Å²) < 4.78 is 5.30. The van der Waals surface area contributed by atoms with E-state index in [-0.39, 0.29) is 23.8 Å². The Labute approximate surface area is 132 Å². The number of carboxylic acids is 1. The van der Waals surface area contributed by atoms with E-state index in [0.29, 0.717) is 13.2 Å². The van der Waals surface area contributed by atoms with Gasteiger partial charge in [0.05, 0.1) is 5.92 Å². The second-order valence-electron chi connectivity index (χ2n) is 7.08. The van der Waals surface area contributed by atoms with Crippen molar-refractivity contribution in [1.29, 1.82) is 0 Å². The largest absolute Gasteiger partial charge is 0.481 e. The molecular weight excluding hydrogens is 282 g/mol. The SMILES string of the molecule is CC1(C(=O)NCC(C(=O)O)C2CCOCC2)CCCCCC1. The number of carboxylic acid groups (broad SMARTS) is 1. The lowest BCUT2D eigenvalue weighted by Crippen LogP contribution is -2.44. The number of hydrogen-bond acceptors (Lipinski definition) is 3. The molecule has 0 radical (unpaired) electrons. The molecule has 22 heavy (non-hydrogen) atoms. The number of ether oxygens (including phenoxy) is 1. The number of nitrogens with one attached hydrogen (secondary N) is 1. The number of aliphatic carboxylic acids is 1. The molecule has 0 spiro atoms. The van der Waals surface area contributed by atoms with Crippen LogP contribution >= 0.6 is 0 Å². The van der Waals surface area contributed by atoms with Gasteiger partial charge < -0.3 is 15.2 Å². The molecule has 1 saturated carbocycles. The lowest BCUT2D eigenvalue weighted by Gasteiger charge is -2.30. The number of carbonyl (C=O) groups excluding carboxylic acids is 1. The van der Waals surface area contributed by atoms with Crippen LogP contribution in [0.4, 0.5) is 0 Å². The molecule has 2 rings (SSSR count). The van der Waals surface area contributed by atoms with Gasteiger partial charge in [-0.05, 0) is 31.6 Å². The Morgan fingerprint density at radius 1 is 1.18 bits per heavy atom. The van der Waals surface area contributed by atoms with Crippen LogP contribution in [0.5, 0.6) is 0 Å². The van der Waals surface area contributed by atoms with E-state index in [1.165, 1.54) is 12.8 Å². The van der Waals surface area contributed by atoms with Gasteiger partial charge in [-0.2, -0.15) is 0 Å². The summed E-state index contributed by atoms with van der Waals surface area (Å²) in [7, 11) is 0. The molecule has 0 aromatic heterocycles. The first-order chi connectivity index (χ1) is 10.5. The van der Waals surface area contributed by atoms with E-state index in [1.807, 2.05) is 6.92 Å². The molecule has 1 heterocycles. The summed E-state index contributed by atoms with van der Waals surface area (Å²) in [4.78, 5) is 24.1. The average Bonchev–Trinajstić information content (AvgIpc) is 2.74. The summed E-state index contributed by atoms with van der Waals surface area (Å²) in [5, 5.41) is 12.4. The number of hydrogen-bond donors (Lipinski definition) is 2. The summed E-state index contributed by atoms with van der Waals surface area (Å²) in [6, 6.07) is 0. The predicted molar refractivity (Wildman–Crippen MR) is 83.5 cm³/mol. The molecule has 1 saturated heterocycles. The smallest absolute Gasteiger partial charge is 0.308 e. The van der Waals surface area contributed by atoms with Crippen molar-refractivity contribution in [3.05, 3.63) is 0 Å². The van der Waals surface area contributed by atoms with Crippen molar-refractivity contribution in [1.82, 2.24) is 5.32 Å². The van der Waals surface area contributed by atoms with E-state index >= 15 is 0 Å². The van der Waals surface area contributed by atoms with Crippen molar-refractivity contribution >= 4 is 11.9 Å². The van der Waals surface area contributed by atoms with Crippen LogP contribution in [0, 0.1) is 17.3 Å². The normalized spacial score (nSPS) is 24.2. The lowest BCUT2D eigenvalue weighted by atomic mass is 9.81. The Kier molecular flexibility index (Phi) is 6.24. The van der Waals surface area contributed by atoms with Gasteiger partial charge in [-0.3, -0.25) is 9.59 Å². The van der Waals surface area contributed by atoms with Gasteiger partial charge in [-0.25, -0.2) is 0 Å². The zero-order chi connectivity index (χ0) is 16.0. The molecule has 5 heteroatoms. The van der Waals surface area contributed by atoms with Crippen LogP contribution < -0.4 is 5.32 Å². The maximum absolute atomic E-state index is 12.6. The summed E-state index contributed by atoms with van der Waals surface area (Å²) in [6.07, 6.45) is 7.93. The summed E-state index contributed by atoms with van der Waals surface area (Å²) in [5.41, 5.74) is -0.324. The van der Waals surface area contributed by atoms with Crippen molar-refractivity contribution in [3.8, 4) is 0 Å². The third-order valence-electron chi connectivity index (χ3n) is 5.39. The van der Waals surface area contributed by atoms with E-state index < -0.39 is 11.9 Å². The minimum absolute atomic E-state index is 0.0349. The molecule has 2 aliphatic rings. The minimum Gasteiger partial charge on any atom is -0.481 e. The number of carbonyl (C=O) groups is 2. The Morgan fingerprint density at radius 3 is 2.32 bits per heavy atom. The molecule has 2 N–H and O–H groups in total. The maximum atomic E-state index is 12.6. The van der Waals surface area contributed by atoms with Crippen LogP contribution in [0.25, 0.3) is 0 Å². The Hall–Kier alpha value is -1.10. The molecule has 126 valence electrons. The van der Waals surface area contributed by atoms with Crippen LogP contribution in [0.15, 0.2) is 0 Å². The summed E-state index contributed by atoms with van der Waals surface area (Å²) in [6.45, 7) is 3.52. The quantitative estimate of drug-likeness (QED) is 0.765. The molecular formula is C17H29NO4. The van der Waals surface area contributed by atoms with Crippen LogP contribution in [0.3, 0.4) is 0 Å². The molecule has 1 aliphatic carbocycles. The standard InChI is InChI=1S/C17H29NO4/c1-17(8-4-2-3-5-9-17)16(21)18-12-14(15(19)20)13-6-10-22-11-7-13/h13-14H,2-12H2,1H3,(H,18,21)(H,19,20). The first-order valence-electron chi connectivity index (χ1n) is 8.62. The first kappa shape index (κ1) is 17.3. The summed E-state index contributed by atoms with van der Waals surface area (Å²) in [5.74, 6) is -1.17. The topological polar surface area (TPSA) is 75.6 Å². The van der Waals surface area contributed by atoms with Gasteiger partial charge in [0.15, 0.2) is 0 Å². The fourth-order valence-corrected chi connectivity index (χ4v) is 3.73. The Morgan fingerprint density at radius 2 is 1.77 bits per heavy atom. The lowest BCUT2D eigenvalue weighted by molar-refractivity contribution is -0.145. The third-order valence-corrected chi connectivity index (χ3v) is 5.39. The maximum Gasteiger partial charge on any atom is 0.308 e. The fourth-order valence-electron chi connectivity index (χ4n) is 3.73. The van der Waals surface area contributed by atoms with Gasteiger partial charge in [0.2, 0.25) is 5.91 Å². The third kappa shape index (κ3) is 4.45. The molecule has 0 bridgehead atoms. The molecule has 0 aromatic carbocycles. The van der Waals surface area contributed by atoms with Crippen molar-refractivity contribution in [2.45, 2.75) is 58.3 Å². The molecule has 5 nitrogen and oxygen atoms in total. The van der Waals surface area contributed by atoms with E-state index in [0.717, 1.165) is 38.5 Å². The van der Waals surface area contributed by atoms with Crippen LogP contribution in [0.1, 0.15) is 58.3 Å². The Balaban J connectivity index is 1.90. The van der Waals surface area contributed by atoms with Gasteiger partial charge in [-0.1, -0.05) is 32.6 Å². The second kappa shape index (κ2) is 7.95. The van der Waals surface area contributed by atoms with Gasteiger partial charge in [0.25, 0.3) is 0 Å². The van der Waals surface area contributed by atoms with E-state index in [4.69, 9.17) is 4.74 Å². The predicted octanol–water partition coefficient (Wildman–Crippen LogP) is 2.59. The molecule has 1 unspecified atom stereocenters. The van der Waals surface area contributed by atoms with Gasteiger partial charge in [0, 0.05) is 25.2 Å². The van der Waals surface area contributed by atoms with Gasteiger partial charge in [0.1, 0.15) is 0 Å². The van der Waals surface area contributed by atoms with Crippen molar-refractivity contribution < 1.29 is 19.4 Å². The van der Waals surface area contributed by atoms with Crippen LogP contribution in [-0.4, -0.2) is 36.7 Å². The van der Waals surface area contributed by atoms with Crippen LogP contribution in [-0.2, 0) is 14.3 Å². The molecule has 1 aliphatic heterocycles. The molecule has 2 fully saturated rings. The minimum atomic E-state index is -0.807. The highest BCUT2D eigenvalue weighted by molar-refractivity contribution is 5.82. The average molecular weight is 311 g/mol. The molecule has 1 amide bonds. The first-order valence-corrected chi connectivity index (χ1v) is 8.62. The van der Waals surface area contributed by atoms with E-state index in [1.54, 1.807) is 0 Å². The van der Waals surface area contributed by atoms with E-state index in [9.17, 15) is 14.7 Å². The highest BCUT2D eigenvalue weighted by atomic mass is 16.5. The highest BCUT2D eigenvalue weighted by Crippen LogP contribution is 2.35. The second-order valence-corrected chi connectivity index (χ2v) is 7.08. The monoisotopic (exact) mass is 311 g/mol. The van der Waals surface area contributed by atoms with Gasteiger partial charge in [-0.15, -0.1) is 0 Å². The number of rotatable bonds is 5. The van der Waals surface area contributed by atoms with Crippen molar-refractivity contribution in [3.63, 3.8) is 0 Å². The highest BCUT2D eigenvalue weighted by Gasteiger charge is 2.35. The van der Waals surface area contributed by atoms with Crippen molar-refractivity contribution in [2.75, 3.05) is 19.8 Å². The van der Waals surface area contributed by atoms with Crippen LogP contribution in [0.2, 0.25) is 0 Å². The fraction of sp³-hybridized carbons (Fsp3) is 0.882. The zero-order valence-electron chi connectivity index (χ0n) is 13.6. The summed E-state index contributed by atoms with van der Waals surface area (Å²) >= 11 is 0. The molecule has 1 atom stereocenters. The Bertz CT molecular complexity index is 382. The van der Waals surface area contributed by atoms with E-state index in [2.05, 4.69) is 5.32 Å².